The summed E-state index contributed by atoms with van der Waals surface area (Å²) < 4.78 is 26.7. The summed E-state index contributed by atoms with van der Waals surface area (Å²) in [4.78, 5) is 42.1. The number of aromatic nitrogens is 1. The number of hydrogen-bond donors (Lipinski definition) is 3. The summed E-state index contributed by atoms with van der Waals surface area (Å²) in [5, 5.41) is 15.4. The molecule has 2 aromatic carbocycles. The number of hydrogen-bond acceptors (Lipinski definition) is 5. The van der Waals surface area contributed by atoms with E-state index in [0.29, 0.717) is 21.7 Å². The fourth-order valence-electron chi connectivity index (χ4n) is 3.60. The smallest absolute Gasteiger partial charge is 0.352 e. The van der Waals surface area contributed by atoms with Crippen LogP contribution in [-0.4, -0.2) is 27.9 Å². The fraction of sp³-hybridized carbons (Fsp3) is 0.200. The van der Waals surface area contributed by atoms with E-state index in [1.54, 1.807) is 27.7 Å². The Morgan fingerprint density at radius 2 is 1.57 bits per heavy atom. The molecule has 7 nitrogen and oxygen atoms in total. The van der Waals surface area contributed by atoms with Crippen molar-refractivity contribution >= 4 is 35.2 Å². The Hall–Kier alpha value is -3.92. The highest BCUT2D eigenvalue weighted by Crippen LogP contribution is 2.21. The van der Waals surface area contributed by atoms with Gasteiger partial charge in [-0.2, -0.15) is 0 Å². The molecular formula is C25H23F2N3O4S. The lowest BCUT2D eigenvalue weighted by Gasteiger charge is -2.13. The fourth-order valence-corrected chi connectivity index (χ4v) is 4.47. The summed E-state index contributed by atoms with van der Waals surface area (Å²) in [7, 11) is 0. The van der Waals surface area contributed by atoms with Gasteiger partial charge in [0.2, 0.25) is 0 Å². The highest BCUT2D eigenvalue weighted by atomic mass is 32.1. The van der Waals surface area contributed by atoms with Crippen LogP contribution >= 0.6 is 11.3 Å². The number of thiazole rings is 1. The Morgan fingerprint density at radius 1 is 0.971 bits per heavy atom. The van der Waals surface area contributed by atoms with Crippen molar-refractivity contribution in [3.05, 3.63) is 91.1 Å². The predicted molar refractivity (Wildman–Crippen MR) is 128 cm³/mol. The van der Waals surface area contributed by atoms with Crippen molar-refractivity contribution in [3.63, 3.8) is 0 Å². The maximum absolute atomic E-state index is 13.4. The SMILES string of the molecule is Cc1nc(C)c(C=C(NC(=O)c2c(C)cc(C(=O)NCc3cc(F)cc(F)c3)cc2C)C(=O)O)s1. The van der Waals surface area contributed by atoms with Gasteiger partial charge in [-0.05, 0) is 74.7 Å². The van der Waals surface area contributed by atoms with E-state index in [9.17, 15) is 28.3 Å². The van der Waals surface area contributed by atoms with E-state index in [-0.39, 0.29) is 28.9 Å². The van der Waals surface area contributed by atoms with Crippen LogP contribution in [0.1, 0.15) is 53.0 Å². The summed E-state index contributed by atoms with van der Waals surface area (Å²) in [6.07, 6.45) is 1.36. The minimum atomic E-state index is -1.30. The van der Waals surface area contributed by atoms with Crippen molar-refractivity contribution in [2.75, 3.05) is 0 Å². The number of halogens is 2. The van der Waals surface area contributed by atoms with Crippen LogP contribution in [0.25, 0.3) is 6.08 Å². The second-order valence-electron chi connectivity index (χ2n) is 7.95. The molecule has 0 bridgehead atoms. The van der Waals surface area contributed by atoms with Crippen molar-refractivity contribution in [1.82, 2.24) is 15.6 Å². The van der Waals surface area contributed by atoms with Crippen molar-refractivity contribution in [2.45, 2.75) is 34.2 Å². The largest absolute Gasteiger partial charge is 0.477 e. The van der Waals surface area contributed by atoms with Gasteiger partial charge in [-0.3, -0.25) is 9.59 Å². The number of carbonyl (C=O) groups excluding carboxylic acids is 2. The molecule has 0 saturated carbocycles. The average molecular weight is 500 g/mol. The number of carboxylic acid groups (broad SMARTS) is 1. The molecule has 1 aromatic heterocycles. The lowest BCUT2D eigenvalue weighted by molar-refractivity contribution is -0.132. The normalized spacial score (nSPS) is 11.3. The first-order chi connectivity index (χ1) is 16.4. The van der Waals surface area contributed by atoms with E-state index in [0.717, 1.165) is 23.2 Å². The van der Waals surface area contributed by atoms with Crippen molar-refractivity contribution in [2.24, 2.45) is 0 Å². The van der Waals surface area contributed by atoms with Gasteiger partial charge in [0.05, 0.1) is 15.6 Å². The number of nitrogens with one attached hydrogen (secondary N) is 2. The predicted octanol–water partition coefficient (Wildman–Crippen LogP) is 4.44. The van der Waals surface area contributed by atoms with Gasteiger partial charge in [-0.25, -0.2) is 18.6 Å². The molecule has 1 heterocycles. The molecule has 0 unspecified atom stereocenters. The first-order valence-corrected chi connectivity index (χ1v) is 11.3. The van der Waals surface area contributed by atoms with Crippen LogP contribution < -0.4 is 10.6 Å². The number of benzene rings is 2. The first-order valence-electron chi connectivity index (χ1n) is 10.5. The molecule has 0 aliphatic rings. The van der Waals surface area contributed by atoms with E-state index in [2.05, 4.69) is 15.6 Å². The molecule has 0 fully saturated rings. The molecular weight excluding hydrogens is 476 g/mol. The third-order valence-electron chi connectivity index (χ3n) is 5.09. The molecule has 0 aliphatic carbocycles. The molecule has 0 aliphatic heterocycles. The monoisotopic (exact) mass is 499 g/mol. The molecule has 182 valence electrons. The lowest BCUT2D eigenvalue weighted by Crippen LogP contribution is -2.29. The Kier molecular flexibility index (Phi) is 7.75. The highest BCUT2D eigenvalue weighted by Gasteiger charge is 2.20. The number of rotatable bonds is 7. The summed E-state index contributed by atoms with van der Waals surface area (Å²) in [6, 6.07) is 5.96. The number of nitrogens with zero attached hydrogens (tertiary/aromatic N) is 1. The molecule has 3 rings (SSSR count). The van der Waals surface area contributed by atoms with E-state index < -0.39 is 29.4 Å². The lowest BCUT2D eigenvalue weighted by atomic mass is 9.98. The zero-order chi connectivity index (χ0) is 25.9. The molecule has 0 radical (unpaired) electrons. The third kappa shape index (κ3) is 6.36. The number of carboxylic acids is 1. The van der Waals surface area contributed by atoms with Crippen LogP contribution in [0.3, 0.4) is 0 Å². The van der Waals surface area contributed by atoms with Crippen molar-refractivity contribution in [3.8, 4) is 0 Å². The standard InChI is InChI=1S/C25H23F2N3O4S/c1-12-5-17(23(31)28-11-16-7-18(26)9-19(27)8-16)6-13(2)22(12)24(32)30-20(25(33)34)10-21-14(3)29-15(4)35-21/h5-10H,11H2,1-4H3,(H,28,31)(H,30,32)(H,33,34). The van der Waals surface area contributed by atoms with Crippen LogP contribution in [0, 0.1) is 39.3 Å². The van der Waals surface area contributed by atoms with Gasteiger partial charge in [0.1, 0.15) is 17.3 Å². The van der Waals surface area contributed by atoms with E-state index in [1.165, 1.54) is 29.5 Å². The first kappa shape index (κ1) is 25.7. The Bertz CT molecular complexity index is 1320. The van der Waals surface area contributed by atoms with Crippen molar-refractivity contribution in [1.29, 1.82) is 0 Å². The highest BCUT2D eigenvalue weighted by molar-refractivity contribution is 7.12. The minimum Gasteiger partial charge on any atom is -0.477 e. The molecule has 35 heavy (non-hydrogen) atoms. The maximum atomic E-state index is 13.4. The number of aliphatic carboxylic acids is 1. The molecule has 0 atom stereocenters. The average Bonchev–Trinajstić information content (AvgIpc) is 3.06. The summed E-state index contributed by atoms with van der Waals surface area (Å²) in [5.74, 6) is -3.91. The second-order valence-corrected chi connectivity index (χ2v) is 9.18. The Balaban J connectivity index is 1.79. The quantitative estimate of drug-likeness (QED) is 0.417. The van der Waals surface area contributed by atoms with Gasteiger partial charge >= 0.3 is 5.97 Å². The van der Waals surface area contributed by atoms with Gasteiger partial charge < -0.3 is 15.7 Å². The van der Waals surface area contributed by atoms with E-state index in [1.807, 2.05) is 0 Å². The van der Waals surface area contributed by atoms with Crippen LogP contribution in [0.4, 0.5) is 8.78 Å². The van der Waals surface area contributed by atoms with Crippen LogP contribution in [0.2, 0.25) is 0 Å². The zero-order valence-electron chi connectivity index (χ0n) is 19.5. The number of amides is 2. The van der Waals surface area contributed by atoms with Gasteiger partial charge in [0, 0.05) is 23.7 Å². The van der Waals surface area contributed by atoms with Gasteiger partial charge in [0.15, 0.2) is 0 Å². The third-order valence-corrected chi connectivity index (χ3v) is 6.11. The molecule has 10 heteroatoms. The van der Waals surface area contributed by atoms with E-state index in [4.69, 9.17) is 0 Å². The van der Waals surface area contributed by atoms with Gasteiger partial charge in [0.25, 0.3) is 11.8 Å². The zero-order valence-corrected chi connectivity index (χ0v) is 20.3. The van der Waals surface area contributed by atoms with Gasteiger partial charge in [-0.1, -0.05) is 0 Å². The Morgan fingerprint density at radius 3 is 2.09 bits per heavy atom. The van der Waals surface area contributed by atoms with Crippen molar-refractivity contribution < 1.29 is 28.3 Å². The minimum absolute atomic E-state index is 0.0862. The van der Waals surface area contributed by atoms with Gasteiger partial charge in [-0.15, -0.1) is 11.3 Å². The number of aryl methyl sites for hydroxylation is 4. The molecule has 3 N–H and O–H groups in total. The summed E-state index contributed by atoms with van der Waals surface area (Å²) in [6.45, 7) is 6.72. The molecule has 3 aromatic rings. The summed E-state index contributed by atoms with van der Waals surface area (Å²) >= 11 is 1.31. The number of carbonyl (C=O) groups is 3. The topological polar surface area (TPSA) is 108 Å². The summed E-state index contributed by atoms with van der Waals surface area (Å²) in [5.41, 5.74) is 2.02. The maximum Gasteiger partial charge on any atom is 0.352 e. The van der Waals surface area contributed by atoms with Crippen LogP contribution in [0.5, 0.6) is 0 Å². The van der Waals surface area contributed by atoms with Crippen LogP contribution in [-0.2, 0) is 11.3 Å². The van der Waals surface area contributed by atoms with Crippen LogP contribution in [0.15, 0.2) is 36.0 Å². The second kappa shape index (κ2) is 10.6. The molecule has 2 amide bonds. The molecule has 0 saturated heterocycles. The van der Waals surface area contributed by atoms with E-state index >= 15 is 0 Å². The Labute approximate surface area is 204 Å². The molecule has 0 spiro atoms.